The second-order valence-corrected chi connectivity index (χ2v) is 11.0. The molecule has 2 aliphatic heterocycles. The van der Waals surface area contributed by atoms with E-state index in [-0.39, 0.29) is 12.5 Å². The average molecular weight is 608 g/mol. The van der Waals surface area contributed by atoms with Gasteiger partial charge in [-0.05, 0) is 81.8 Å². The van der Waals surface area contributed by atoms with Crippen LogP contribution in [0.15, 0.2) is 48.7 Å². The molecule has 0 bridgehead atoms. The minimum Gasteiger partial charge on any atom is -0.497 e. The zero-order chi connectivity index (χ0) is 32.5. The van der Waals surface area contributed by atoms with Crippen molar-refractivity contribution in [3.05, 3.63) is 54.4 Å². The number of benzene rings is 1. The van der Waals surface area contributed by atoms with Crippen molar-refractivity contribution in [2.24, 2.45) is 23.5 Å². The van der Waals surface area contributed by atoms with Crippen LogP contribution in [0.1, 0.15) is 66.5 Å². The Morgan fingerprint density at radius 1 is 1.02 bits per heavy atom. The highest BCUT2D eigenvalue weighted by atomic mass is 16.5. The number of hydrogen-bond donors (Lipinski definition) is 3. The van der Waals surface area contributed by atoms with Crippen LogP contribution in [-0.2, 0) is 11.2 Å². The second-order valence-electron chi connectivity index (χ2n) is 11.0. The van der Waals surface area contributed by atoms with Crippen molar-refractivity contribution in [1.29, 1.82) is 0 Å². The maximum Gasteiger partial charge on any atom is 0.263 e. The molecule has 0 saturated heterocycles. The van der Waals surface area contributed by atoms with Crippen LogP contribution in [0.25, 0.3) is 10.9 Å². The van der Waals surface area contributed by atoms with E-state index in [2.05, 4.69) is 47.1 Å². The van der Waals surface area contributed by atoms with Crippen molar-refractivity contribution >= 4 is 28.3 Å². The number of ether oxygens (including phenoxy) is 3. The number of rotatable bonds is 2. The first-order valence-corrected chi connectivity index (χ1v) is 15.7. The number of anilines is 2. The molecule has 0 spiro atoms. The third kappa shape index (κ3) is 11.0. The molecular weight excluding hydrogens is 554 g/mol. The number of nitrogens with zero attached hydrogens (tertiary/aromatic N) is 2. The Balaban J connectivity index is 0.000000218. The average Bonchev–Trinajstić information content (AvgIpc) is 3.07. The van der Waals surface area contributed by atoms with Gasteiger partial charge in [0.1, 0.15) is 12.4 Å². The Bertz CT molecular complexity index is 1320. The minimum absolute atomic E-state index is 0.0835. The molecule has 3 atom stereocenters. The number of carbonyl (C=O) groups excluding carboxylic acids is 1. The van der Waals surface area contributed by atoms with E-state index in [0.717, 1.165) is 64.5 Å². The van der Waals surface area contributed by atoms with Gasteiger partial charge in [0.25, 0.3) is 5.91 Å². The molecule has 6 rings (SSSR count). The van der Waals surface area contributed by atoms with E-state index in [1.54, 1.807) is 13.3 Å². The molecule has 1 fully saturated rings. The van der Waals surface area contributed by atoms with Gasteiger partial charge in [-0.15, -0.1) is 0 Å². The molecule has 1 saturated carbocycles. The predicted molar refractivity (Wildman–Crippen MR) is 182 cm³/mol. The van der Waals surface area contributed by atoms with Crippen LogP contribution in [0.3, 0.4) is 0 Å². The number of aromatic nitrogens is 2. The summed E-state index contributed by atoms with van der Waals surface area (Å²) in [7, 11) is 3.16. The fourth-order valence-electron chi connectivity index (χ4n) is 4.93. The van der Waals surface area contributed by atoms with Crippen molar-refractivity contribution in [3.8, 4) is 17.2 Å². The fourth-order valence-corrected chi connectivity index (χ4v) is 4.93. The maximum absolute atomic E-state index is 10.9. The topological polar surface area (TPSA) is 121 Å². The normalized spacial score (nSPS) is 19.5. The number of methoxy groups -OCH3 is 1. The number of hydrogen-bond acceptors (Lipinski definition) is 8. The van der Waals surface area contributed by atoms with Crippen LogP contribution in [-0.4, -0.2) is 49.8 Å². The number of nitrogens with one attached hydrogen (secondary N) is 2. The molecule has 1 aliphatic carbocycles. The standard InChI is InChI=1S/C12H12N2O2.C9H10N2O2.C9H18.C4H8.CH5N/c1-15-8-2-3-10-9(6-8)12-11(7-14-10)16-5-4-13-12;1-2-6-3-4-7-9(10-6)11-8(12)5-13-7;1-7-4-5-8(2)9(3)6-7;1-3-4-2;1-2/h2-3,6-7,13H,4-5H2,1H3;3-4H,2,5H2,1H3,(H,10,11,12);7-9H,4-6H2,1-3H3;3-4H,1-2H3;2H2,1H3/b;;;4-3-;/t;;7-,8-,9?;;/m..0../s1. The van der Waals surface area contributed by atoms with Crippen LogP contribution in [0.5, 0.6) is 17.2 Å². The number of pyridine rings is 2. The molecule has 2 aromatic heterocycles. The first kappa shape index (κ1) is 36.3. The highest BCUT2D eigenvalue weighted by Gasteiger charge is 2.21. The molecule has 1 amide bonds. The lowest BCUT2D eigenvalue weighted by Gasteiger charge is -2.29. The third-order valence-corrected chi connectivity index (χ3v) is 7.79. The van der Waals surface area contributed by atoms with Crippen LogP contribution in [0, 0.1) is 17.8 Å². The summed E-state index contributed by atoms with van der Waals surface area (Å²) in [5, 5.41) is 7.03. The predicted octanol–water partition coefficient (Wildman–Crippen LogP) is 7.26. The zero-order valence-electron chi connectivity index (χ0n) is 27.9. The van der Waals surface area contributed by atoms with Gasteiger partial charge in [-0.1, -0.05) is 52.7 Å². The first-order valence-electron chi connectivity index (χ1n) is 15.7. The van der Waals surface area contributed by atoms with E-state index in [9.17, 15) is 4.79 Å². The lowest BCUT2D eigenvalue weighted by Crippen LogP contribution is -2.26. The summed E-state index contributed by atoms with van der Waals surface area (Å²) in [5.74, 6) is 5.65. The third-order valence-electron chi connectivity index (χ3n) is 7.79. The van der Waals surface area contributed by atoms with Crippen LogP contribution >= 0.6 is 0 Å². The lowest BCUT2D eigenvalue weighted by molar-refractivity contribution is -0.118. The number of amides is 1. The Labute approximate surface area is 264 Å². The van der Waals surface area contributed by atoms with E-state index in [4.69, 9.17) is 14.2 Å². The Kier molecular flexibility index (Phi) is 16.1. The van der Waals surface area contributed by atoms with Crippen molar-refractivity contribution < 1.29 is 19.0 Å². The van der Waals surface area contributed by atoms with Gasteiger partial charge < -0.3 is 30.6 Å². The van der Waals surface area contributed by atoms with E-state index in [1.165, 1.54) is 26.3 Å². The van der Waals surface area contributed by atoms with E-state index in [0.29, 0.717) is 18.2 Å². The van der Waals surface area contributed by atoms with Gasteiger partial charge in [0.05, 0.1) is 24.5 Å². The molecule has 242 valence electrons. The van der Waals surface area contributed by atoms with Gasteiger partial charge in [0.15, 0.2) is 23.9 Å². The Hall–Kier alpha value is -3.85. The van der Waals surface area contributed by atoms with E-state index < -0.39 is 0 Å². The van der Waals surface area contributed by atoms with Crippen LogP contribution in [0.4, 0.5) is 11.5 Å². The van der Waals surface area contributed by atoms with E-state index in [1.807, 2.05) is 63.3 Å². The molecule has 9 heteroatoms. The van der Waals surface area contributed by atoms with Gasteiger partial charge in [0.2, 0.25) is 0 Å². The van der Waals surface area contributed by atoms with Gasteiger partial charge in [-0.2, -0.15) is 0 Å². The van der Waals surface area contributed by atoms with Crippen LogP contribution in [0.2, 0.25) is 0 Å². The highest BCUT2D eigenvalue weighted by molar-refractivity contribution is 5.95. The van der Waals surface area contributed by atoms with Gasteiger partial charge in [0, 0.05) is 17.6 Å². The Morgan fingerprint density at radius 2 is 1.77 bits per heavy atom. The molecule has 44 heavy (non-hydrogen) atoms. The van der Waals surface area contributed by atoms with Gasteiger partial charge in [-0.25, -0.2) is 4.98 Å². The Morgan fingerprint density at radius 3 is 2.41 bits per heavy atom. The number of allylic oxidation sites excluding steroid dienone is 2. The maximum atomic E-state index is 10.9. The molecule has 3 aliphatic rings. The molecule has 4 heterocycles. The summed E-state index contributed by atoms with van der Waals surface area (Å²) in [6.07, 6.45) is 11.0. The smallest absolute Gasteiger partial charge is 0.263 e. The zero-order valence-corrected chi connectivity index (χ0v) is 27.9. The van der Waals surface area contributed by atoms with Crippen molar-refractivity contribution in [2.75, 3.05) is 44.5 Å². The molecule has 3 aromatic rings. The molecular formula is C35H53N5O4. The van der Waals surface area contributed by atoms with Crippen molar-refractivity contribution in [1.82, 2.24) is 9.97 Å². The van der Waals surface area contributed by atoms with Gasteiger partial charge >= 0.3 is 0 Å². The summed E-state index contributed by atoms with van der Waals surface area (Å²) < 4.78 is 15.9. The molecule has 4 N–H and O–H groups in total. The number of aryl methyl sites for hydroxylation is 1. The number of carbonyl (C=O) groups is 1. The van der Waals surface area contributed by atoms with Crippen molar-refractivity contribution in [3.63, 3.8) is 0 Å². The fraction of sp³-hybridized carbons (Fsp3) is 0.514. The monoisotopic (exact) mass is 607 g/mol. The van der Waals surface area contributed by atoms with Gasteiger partial charge in [-0.3, -0.25) is 9.78 Å². The first-order chi connectivity index (χ1) is 21.3. The summed E-state index contributed by atoms with van der Waals surface area (Å²) in [6.45, 7) is 14.8. The largest absolute Gasteiger partial charge is 0.497 e. The van der Waals surface area contributed by atoms with E-state index >= 15 is 0 Å². The van der Waals surface area contributed by atoms with Crippen LogP contribution < -0.4 is 30.6 Å². The summed E-state index contributed by atoms with van der Waals surface area (Å²) in [5.41, 5.74) is 7.40. The molecule has 1 aromatic carbocycles. The number of nitrogens with two attached hydrogens (primary N) is 1. The molecule has 0 radical (unpaired) electrons. The quantitative estimate of drug-likeness (QED) is 0.260. The van der Waals surface area contributed by atoms with Crippen molar-refractivity contribution in [2.45, 2.75) is 67.2 Å². The molecule has 9 nitrogen and oxygen atoms in total. The summed E-state index contributed by atoms with van der Waals surface area (Å²) in [4.78, 5) is 19.5. The minimum atomic E-state index is -0.145. The highest BCUT2D eigenvalue weighted by Crippen LogP contribution is 2.35. The molecule has 1 unspecified atom stereocenters. The lowest BCUT2D eigenvalue weighted by atomic mass is 9.77. The summed E-state index contributed by atoms with van der Waals surface area (Å²) >= 11 is 0. The summed E-state index contributed by atoms with van der Waals surface area (Å²) in [6, 6.07) is 9.57. The number of fused-ring (bicyclic) bond motifs is 4. The SMILES string of the molecule is C/C=C\C.CC1C[C@@H](C)CC[C@@H]1C.CCc1ccc2c(n1)NC(=O)CO2.CN.COc1ccc2ncc3c(c2c1)NCCO3. The second kappa shape index (κ2) is 19.4.